The highest BCUT2D eigenvalue weighted by Gasteiger charge is 2.39. The number of aryl methyl sites for hydroxylation is 2. The third-order valence-corrected chi connectivity index (χ3v) is 7.48. The number of benzene rings is 2. The van der Waals surface area contributed by atoms with Gasteiger partial charge in [-0.25, -0.2) is 4.90 Å². The van der Waals surface area contributed by atoms with Crippen molar-refractivity contribution in [2.24, 2.45) is 0 Å². The van der Waals surface area contributed by atoms with Gasteiger partial charge in [0.1, 0.15) is 0 Å². The molecule has 1 unspecified atom stereocenters. The van der Waals surface area contributed by atoms with Crippen molar-refractivity contribution in [2.75, 3.05) is 11.4 Å². The van der Waals surface area contributed by atoms with Crippen LogP contribution >= 0.6 is 11.3 Å². The number of nitrogens with zero attached hydrogens (tertiary/aromatic N) is 2. The average molecular weight is 445 g/mol. The fourth-order valence-electron chi connectivity index (χ4n) is 4.80. The second kappa shape index (κ2) is 7.71. The van der Waals surface area contributed by atoms with Crippen LogP contribution in [0.5, 0.6) is 0 Å². The van der Waals surface area contributed by atoms with Crippen molar-refractivity contribution >= 4 is 34.7 Å². The summed E-state index contributed by atoms with van der Waals surface area (Å²) in [6.07, 6.45) is 1.68. The summed E-state index contributed by atoms with van der Waals surface area (Å²) in [5.74, 6) is -0.814. The predicted molar refractivity (Wildman–Crippen MR) is 126 cm³/mol. The van der Waals surface area contributed by atoms with Gasteiger partial charge in [0.2, 0.25) is 0 Å². The summed E-state index contributed by atoms with van der Waals surface area (Å²) >= 11 is 1.75. The van der Waals surface area contributed by atoms with Gasteiger partial charge in [-0.3, -0.25) is 14.4 Å². The van der Waals surface area contributed by atoms with Crippen LogP contribution in [0, 0.1) is 13.8 Å². The predicted octanol–water partition coefficient (Wildman–Crippen LogP) is 5.32. The largest absolute Gasteiger partial charge is 0.331 e. The highest BCUT2D eigenvalue weighted by molar-refractivity contribution is 7.10. The van der Waals surface area contributed by atoms with E-state index in [2.05, 4.69) is 18.4 Å². The summed E-state index contributed by atoms with van der Waals surface area (Å²) < 4.78 is 0. The molecule has 32 heavy (non-hydrogen) atoms. The number of carbonyl (C=O) groups is 3. The molecule has 0 fully saturated rings. The van der Waals surface area contributed by atoms with Crippen LogP contribution in [0.15, 0.2) is 47.8 Å². The topological polar surface area (TPSA) is 57.7 Å². The van der Waals surface area contributed by atoms with Gasteiger partial charge in [0.05, 0.1) is 22.9 Å². The van der Waals surface area contributed by atoms with Gasteiger partial charge in [0.15, 0.2) is 0 Å². The second-order valence-corrected chi connectivity index (χ2v) is 9.47. The Morgan fingerprint density at radius 3 is 2.59 bits per heavy atom. The molecule has 2 aromatic carbocycles. The molecule has 5 rings (SSSR count). The van der Waals surface area contributed by atoms with Gasteiger partial charge in [0, 0.05) is 17.0 Å². The Labute approximate surface area is 191 Å². The number of amides is 3. The fraction of sp³-hybridized carbons (Fsp3) is 0.269. The SMILES string of the molecule is CCC1c2ccsc2CCN1C(=O)c1ccc2c(c1)C(=O)N(c1cc(C)ccc1C)C2=O. The van der Waals surface area contributed by atoms with E-state index >= 15 is 0 Å². The maximum Gasteiger partial charge on any atom is 0.266 e. The summed E-state index contributed by atoms with van der Waals surface area (Å²) in [5.41, 5.74) is 4.74. The quantitative estimate of drug-likeness (QED) is 0.514. The lowest BCUT2D eigenvalue weighted by atomic mass is 9.96. The van der Waals surface area contributed by atoms with Crippen molar-refractivity contribution in [1.82, 2.24) is 4.90 Å². The van der Waals surface area contributed by atoms with Crippen molar-refractivity contribution < 1.29 is 14.4 Å². The molecule has 1 atom stereocenters. The van der Waals surface area contributed by atoms with Gasteiger partial charge in [-0.1, -0.05) is 19.1 Å². The first-order chi connectivity index (χ1) is 15.4. The van der Waals surface area contributed by atoms with Crippen LogP contribution in [-0.2, 0) is 6.42 Å². The molecule has 5 nitrogen and oxygen atoms in total. The Bertz CT molecular complexity index is 1280. The highest BCUT2D eigenvalue weighted by Crippen LogP contribution is 2.37. The van der Waals surface area contributed by atoms with E-state index in [1.807, 2.05) is 36.9 Å². The minimum absolute atomic E-state index is 0.0366. The molecule has 6 heteroatoms. The Kier molecular flexibility index (Phi) is 4.97. The number of anilines is 1. The second-order valence-electron chi connectivity index (χ2n) is 8.47. The van der Waals surface area contributed by atoms with Crippen molar-refractivity contribution in [3.05, 3.63) is 86.1 Å². The number of hydrogen-bond donors (Lipinski definition) is 0. The molecule has 1 aromatic heterocycles. The van der Waals surface area contributed by atoms with E-state index in [0.29, 0.717) is 28.9 Å². The van der Waals surface area contributed by atoms with E-state index in [-0.39, 0.29) is 23.8 Å². The van der Waals surface area contributed by atoms with Crippen molar-refractivity contribution in [1.29, 1.82) is 0 Å². The maximum absolute atomic E-state index is 13.5. The number of rotatable bonds is 3. The lowest BCUT2D eigenvalue weighted by molar-refractivity contribution is 0.0657. The Hall–Kier alpha value is -3.25. The maximum atomic E-state index is 13.5. The van der Waals surface area contributed by atoms with E-state index < -0.39 is 0 Å². The lowest BCUT2D eigenvalue weighted by Gasteiger charge is -2.35. The molecular weight excluding hydrogens is 420 g/mol. The van der Waals surface area contributed by atoms with Crippen LogP contribution in [-0.4, -0.2) is 29.2 Å². The molecule has 2 aliphatic heterocycles. The van der Waals surface area contributed by atoms with E-state index in [1.54, 1.807) is 29.5 Å². The van der Waals surface area contributed by atoms with Crippen LogP contribution < -0.4 is 4.90 Å². The lowest BCUT2D eigenvalue weighted by Crippen LogP contribution is -2.39. The molecule has 0 bridgehead atoms. The van der Waals surface area contributed by atoms with Crippen LogP contribution in [0.4, 0.5) is 5.69 Å². The summed E-state index contributed by atoms with van der Waals surface area (Å²) in [6.45, 7) is 6.56. The molecule has 2 aliphatic rings. The molecule has 0 saturated carbocycles. The minimum atomic E-state index is -0.376. The summed E-state index contributed by atoms with van der Waals surface area (Å²) in [4.78, 5) is 44.3. The number of imide groups is 1. The van der Waals surface area contributed by atoms with Crippen LogP contribution in [0.2, 0.25) is 0 Å². The van der Waals surface area contributed by atoms with Gasteiger partial charge in [0.25, 0.3) is 17.7 Å². The zero-order valence-electron chi connectivity index (χ0n) is 18.3. The zero-order valence-corrected chi connectivity index (χ0v) is 19.2. The monoisotopic (exact) mass is 444 g/mol. The Morgan fingerprint density at radius 2 is 1.81 bits per heavy atom. The van der Waals surface area contributed by atoms with E-state index in [4.69, 9.17) is 0 Å². The van der Waals surface area contributed by atoms with Crippen molar-refractivity contribution in [3.63, 3.8) is 0 Å². The zero-order chi connectivity index (χ0) is 22.6. The van der Waals surface area contributed by atoms with Gasteiger partial charge in [-0.15, -0.1) is 11.3 Å². The van der Waals surface area contributed by atoms with Gasteiger partial charge in [-0.2, -0.15) is 0 Å². The molecular formula is C26H24N2O3S. The van der Waals surface area contributed by atoms with E-state index in [0.717, 1.165) is 24.0 Å². The Balaban J connectivity index is 1.49. The van der Waals surface area contributed by atoms with E-state index in [1.165, 1.54) is 15.3 Å². The fourth-order valence-corrected chi connectivity index (χ4v) is 5.73. The third kappa shape index (κ3) is 3.09. The molecule has 0 N–H and O–H groups in total. The highest BCUT2D eigenvalue weighted by atomic mass is 32.1. The molecule has 162 valence electrons. The number of hydrogen-bond acceptors (Lipinski definition) is 4. The molecule has 3 heterocycles. The van der Waals surface area contributed by atoms with E-state index in [9.17, 15) is 14.4 Å². The first-order valence-electron chi connectivity index (χ1n) is 10.9. The van der Waals surface area contributed by atoms with Crippen LogP contribution in [0.1, 0.15) is 72.0 Å². The molecule has 0 aliphatic carbocycles. The average Bonchev–Trinajstić information content (AvgIpc) is 3.37. The number of carbonyl (C=O) groups excluding carboxylic acids is 3. The van der Waals surface area contributed by atoms with Crippen LogP contribution in [0.3, 0.4) is 0 Å². The summed E-state index contributed by atoms with van der Waals surface area (Å²) in [5, 5.41) is 2.09. The van der Waals surface area contributed by atoms with Gasteiger partial charge >= 0.3 is 0 Å². The molecule has 3 aromatic rings. The Morgan fingerprint density at radius 1 is 1.03 bits per heavy atom. The molecule has 3 amide bonds. The summed E-state index contributed by atoms with van der Waals surface area (Å²) in [6, 6.07) is 12.7. The number of fused-ring (bicyclic) bond motifs is 2. The minimum Gasteiger partial charge on any atom is -0.331 e. The number of thiophene rings is 1. The standard InChI is InChI=1S/C26H24N2O3S/c1-4-21-19-10-12-32-23(19)9-11-27(21)24(29)17-7-8-18-20(14-17)26(31)28(25(18)30)22-13-15(2)5-6-16(22)3/h5-8,10,12-14,21H,4,9,11H2,1-3H3. The third-order valence-electron chi connectivity index (χ3n) is 6.48. The summed E-state index contributed by atoms with van der Waals surface area (Å²) in [7, 11) is 0. The van der Waals surface area contributed by atoms with Crippen LogP contribution in [0.25, 0.3) is 0 Å². The normalized spacial score (nSPS) is 17.5. The van der Waals surface area contributed by atoms with Crippen molar-refractivity contribution in [3.8, 4) is 0 Å². The first kappa shape index (κ1) is 20.6. The first-order valence-corrected chi connectivity index (χ1v) is 11.8. The smallest absolute Gasteiger partial charge is 0.266 e. The molecule has 0 saturated heterocycles. The molecule has 0 spiro atoms. The van der Waals surface area contributed by atoms with Gasteiger partial charge in [-0.05, 0) is 79.1 Å². The molecule has 0 radical (unpaired) electrons. The van der Waals surface area contributed by atoms with Gasteiger partial charge < -0.3 is 4.90 Å². The van der Waals surface area contributed by atoms with Crippen molar-refractivity contribution in [2.45, 2.75) is 39.7 Å².